The molecule has 0 fully saturated rings. The molecule has 0 atom stereocenters. The molecule has 0 radical (unpaired) electrons. The molecule has 0 aromatic carbocycles. The molecule has 0 amide bonds. The Bertz CT molecular complexity index is 7.61. The Kier molecular flexibility index (Phi) is 324. The molecule has 5 heteroatoms. The Morgan fingerprint density at radius 3 is 0.600 bits per heavy atom. The third-order valence-corrected chi connectivity index (χ3v) is 0. The molecule has 0 aromatic rings. The Morgan fingerprint density at radius 1 is 0.600 bits per heavy atom. The van der Waals surface area contributed by atoms with Gasteiger partial charge in [-0.05, 0) is 0 Å². The van der Waals surface area contributed by atoms with Crippen LogP contribution in [-0.4, -0.2) is 0 Å². The second-order valence-electron chi connectivity index (χ2n) is 0. The van der Waals surface area contributed by atoms with E-state index in [0.29, 0.717) is 0 Å². The van der Waals surface area contributed by atoms with Crippen LogP contribution in [0.3, 0.4) is 0 Å². The molecular weight excluding hydrogens is 242 g/mol. The third kappa shape index (κ3) is 21.2. The minimum absolute atomic E-state index is 0. The van der Waals surface area contributed by atoms with Crippen LogP contribution in [0.15, 0.2) is 0 Å². The quantitative estimate of drug-likeness (QED) is 0.562. The van der Waals surface area contributed by atoms with Gasteiger partial charge in [0.1, 0.15) is 0 Å². The standard InChI is InChI=1S/2O.S.2Y/q3*-2;2*+3. The minimum Gasteiger partial charge on any atom is -2.00 e. The molecule has 0 unspecified atom stereocenters. The van der Waals surface area contributed by atoms with Gasteiger partial charge in [-0.1, -0.05) is 0 Å². The van der Waals surface area contributed by atoms with Gasteiger partial charge in [-0.2, -0.15) is 0 Å². The monoisotopic (exact) mass is 242 g/mol. The molecular formula is O2SY2. The van der Waals surface area contributed by atoms with Gasteiger partial charge in [0.15, 0.2) is 0 Å². The fourth-order valence-corrected chi connectivity index (χ4v) is 0. The van der Waals surface area contributed by atoms with Gasteiger partial charge < -0.3 is 24.4 Å². The van der Waals surface area contributed by atoms with Crippen molar-refractivity contribution < 1.29 is 76.4 Å². The van der Waals surface area contributed by atoms with Crippen LogP contribution in [0.4, 0.5) is 0 Å². The SMILES string of the molecule is [O-2].[O-2].[S-2].[Y+3].[Y+3]. The van der Waals surface area contributed by atoms with Crippen LogP contribution in [0.5, 0.6) is 0 Å². The first-order valence-corrected chi connectivity index (χ1v) is 0. The van der Waals surface area contributed by atoms with E-state index in [9.17, 15) is 0 Å². The Balaban J connectivity index is 0. The summed E-state index contributed by atoms with van der Waals surface area (Å²) in [6, 6.07) is 0. The third-order valence-electron chi connectivity index (χ3n) is 0. The maximum atomic E-state index is 0. The van der Waals surface area contributed by atoms with Gasteiger partial charge in [0, 0.05) is 0 Å². The van der Waals surface area contributed by atoms with Crippen LogP contribution in [0, 0.1) is 0 Å². The van der Waals surface area contributed by atoms with E-state index >= 15 is 0 Å². The summed E-state index contributed by atoms with van der Waals surface area (Å²) in [7, 11) is 0. The summed E-state index contributed by atoms with van der Waals surface area (Å²) in [4.78, 5) is 0. The second kappa shape index (κ2) is 31.7. The summed E-state index contributed by atoms with van der Waals surface area (Å²) in [6.45, 7) is 0. The van der Waals surface area contributed by atoms with Gasteiger partial charge >= 0.3 is 65.4 Å². The summed E-state index contributed by atoms with van der Waals surface area (Å²) >= 11 is 0. The van der Waals surface area contributed by atoms with Crippen molar-refractivity contribution in [3.8, 4) is 0 Å². The van der Waals surface area contributed by atoms with Crippen molar-refractivity contribution >= 4 is 13.5 Å². The van der Waals surface area contributed by atoms with Crippen molar-refractivity contribution in [1.82, 2.24) is 0 Å². The van der Waals surface area contributed by atoms with Gasteiger partial charge in [-0.15, -0.1) is 0 Å². The summed E-state index contributed by atoms with van der Waals surface area (Å²) in [5.74, 6) is 0. The zero-order valence-electron chi connectivity index (χ0n) is 2.38. The van der Waals surface area contributed by atoms with E-state index in [1.165, 1.54) is 0 Å². The first-order chi connectivity index (χ1) is 0. The maximum absolute atomic E-state index is 0. The Morgan fingerprint density at radius 2 is 0.600 bits per heavy atom. The summed E-state index contributed by atoms with van der Waals surface area (Å²) < 4.78 is 0. The van der Waals surface area contributed by atoms with Gasteiger partial charge in [0.05, 0.1) is 0 Å². The van der Waals surface area contributed by atoms with E-state index in [1.807, 2.05) is 0 Å². The van der Waals surface area contributed by atoms with Crippen LogP contribution < -0.4 is 0 Å². The maximum Gasteiger partial charge on any atom is 3.00 e. The van der Waals surface area contributed by atoms with E-state index < -0.39 is 0 Å². The first kappa shape index (κ1) is 51.1. The fraction of sp³-hybridized carbons (Fsp3) is 0. The fourth-order valence-electron chi connectivity index (χ4n) is 0. The normalized spacial score (nSPS) is 0. The first-order valence-electron chi connectivity index (χ1n) is 0. The zero-order chi connectivity index (χ0) is 0. The number of rotatable bonds is 0. The average Bonchev–Trinajstić information content (AvgIpc) is 0. The van der Waals surface area contributed by atoms with Crippen molar-refractivity contribution in [2.24, 2.45) is 0 Å². The molecule has 0 heterocycles. The summed E-state index contributed by atoms with van der Waals surface area (Å²) in [5, 5.41) is 0. The zero-order valence-corrected chi connectivity index (χ0v) is 8.87. The van der Waals surface area contributed by atoms with Crippen molar-refractivity contribution in [3.63, 3.8) is 0 Å². The van der Waals surface area contributed by atoms with E-state index in [4.69, 9.17) is 0 Å². The minimum atomic E-state index is 0. The predicted octanol–water partition coefficient (Wildman–Crippen LogP) is -0.245. The van der Waals surface area contributed by atoms with Gasteiger partial charge in [-0.25, -0.2) is 0 Å². The molecule has 0 aliphatic carbocycles. The van der Waals surface area contributed by atoms with Gasteiger partial charge in [-0.3, -0.25) is 0 Å². The molecule has 0 aromatic heterocycles. The number of hydrogen-bond donors (Lipinski definition) is 0. The predicted molar refractivity (Wildman–Crippen MR) is 8.74 cm³/mol. The Labute approximate surface area is 88.3 Å². The molecule has 24 valence electrons. The molecule has 0 bridgehead atoms. The molecule has 0 N–H and O–H groups in total. The average molecular weight is 242 g/mol. The molecule has 0 rings (SSSR count). The van der Waals surface area contributed by atoms with Crippen molar-refractivity contribution in [3.05, 3.63) is 0 Å². The van der Waals surface area contributed by atoms with E-state index in [-0.39, 0.29) is 89.9 Å². The summed E-state index contributed by atoms with van der Waals surface area (Å²) in [6.07, 6.45) is 0. The molecule has 2 nitrogen and oxygen atoms in total. The second-order valence-corrected chi connectivity index (χ2v) is 0. The van der Waals surface area contributed by atoms with Gasteiger partial charge in [0.25, 0.3) is 0 Å². The van der Waals surface area contributed by atoms with Crippen LogP contribution in [0.25, 0.3) is 0 Å². The van der Waals surface area contributed by atoms with E-state index in [0.717, 1.165) is 0 Å². The van der Waals surface area contributed by atoms with Crippen LogP contribution in [0.2, 0.25) is 0 Å². The molecule has 0 aliphatic rings. The topological polar surface area (TPSA) is 57.0 Å². The molecule has 0 aliphatic heterocycles. The Hall–Kier alpha value is 2.48. The summed E-state index contributed by atoms with van der Waals surface area (Å²) in [5.41, 5.74) is 0. The van der Waals surface area contributed by atoms with E-state index in [2.05, 4.69) is 0 Å². The molecule has 0 saturated heterocycles. The molecule has 0 spiro atoms. The van der Waals surface area contributed by atoms with Gasteiger partial charge in [0.2, 0.25) is 0 Å². The van der Waals surface area contributed by atoms with Crippen LogP contribution in [-0.2, 0) is 89.9 Å². The van der Waals surface area contributed by atoms with Crippen LogP contribution in [0.1, 0.15) is 0 Å². The van der Waals surface area contributed by atoms with E-state index in [1.54, 1.807) is 0 Å². The molecule has 5 heavy (non-hydrogen) atoms. The van der Waals surface area contributed by atoms with Crippen molar-refractivity contribution in [2.75, 3.05) is 0 Å². The van der Waals surface area contributed by atoms with Crippen molar-refractivity contribution in [2.45, 2.75) is 0 Å². The van der Waals surface area contributed by atoms with Crippen LogP contribution >= 0.6 is 0 Å². The molecule has 0 saturated carbocycles. The largest absolute Gasteiger partial charge is 3.00 e. The van der Waals surface area contributed by atoms with Crippen molar-refractivity contribution in [1.29, 1.82) is 0 Å². The smallest absolute Gasteiger partial charge is 2.00 e. The number of hydrogen-bond acceptors (Lipinski definition) is 0.